The molecule has 136 valence electrons. The van der Waals surface area contributed by atoms with Crippen molar-refractivity contribution in [2.45, 2.75) is 25.9 Å². The molecule has 0 atom stereocenters. The van der Waals surface area contributed by atoms with Crippen molar-refractivity contribution in [1.82, 2.24) is 4.90 Å². The number of nitrogens with zero attached hydrogens (tertiary/aromatic N) is 1. The Morgan fingerprint density at radius 1 is 0.815 bits per heavy atom. The molecular formula is C24H24N2O. The van der Waals surface area contributed by atoms with Gasteiger partial charge in [-0.25, -0.2) is 0 Å². The van der Waals surface area contributed by atoms with Crippen LogP contribution in [0.1, 0.15) is 22.3 Å². The highest BCUT2D eigenvalue weighted by atomic mass is 16.2. The van der Waals surface area contributed by atoms with Crippen LogP contribution in [0.15, 0.2) is 78.9 Å². The Morgan fingerprint density at radius 2 is 1.52 bits per heavy atom. The summed E-state index contributed by atoms with van der Waals surface area (Å²) in [6, 6.07) is 26.9. The zero-order valence-corrected chi connectivity index (χ0v) is 15.4. The van der Waals surface area contributed by atoms with Crippen LogP contribution in [0.3, 0.4) is 0 Å². The second kappa shape index (κ2) is 8.09. The molecule has 0 spiro atoms. The zero-order chi connectivity index (χ0) is 18.5. The van der Waals surface area contributed by atoms with Gasteiger partial charge in [-0.3, -0.25) is 4.79 Å². The molecule has 3 aromatic rings. The highest BCUT2D eigenvalue weighted by molar-refractivity contribution is 5.79. The number of carbonyl (C=O) groups is 1. The molecule has 0 saturated heterocycles. The Hall–Kier alpha value is -3.07. The summed E-state index contributed by atoms with van der Waals surface area (Å²) in [5.74, 6) is 0.203. The van der Waals surface area contributed by atoms with E-state index in [0.717, 1.165) is 37.3 Å². The maximum atomic E-state index is 12.7. The normalized spacial score (nSPS) is 13.1. The highest BCUT2D eigenvalue weighted by Crippen LogP contribution is 2.20. The summed E-state index contributed by atoms with van der Waals surface area (Å²) in [7, 11) is 0. The molecule has 3 heteroatoms. The fourth-order valence-corrected chi connectivity index (χ4v) is 3.54. The maximum Gasteiger partial charge on any atom is 0.227 e. The Bertz CT molecular complexity index is 903. The molecule has 1 aliphatic heterocycles. The summed E-state index contributed by atoms with van der Waals surface area (Å²) in [6.07, 6.45) is 1.41. The molecule has 0 unspecified atom stereocenters. The van der Waals surface area contributed by atoms with Crippen molar-refractivity contribution in [3.8, 4) is 0 Å². The quantitative estimate of drug-likeness (QED) is 0.734. The molecule has 0 bridgehead atoms. The topological polar surface area (TPSA) is 32.3 Å². The summed E-state index contributed by atoms with van der Waals surface area (Å²) in [5.41, 5.74) is 6.03. The van der Waals surface area contributed by atoms with Gasteiger partial charge >= 0.3 is 0 Å². The number of amides is 1. The third kappa shape index (κ3) is 4.37. The van der Waals surface area contributed by atoms with E-state index < -0.39 is 0 Å². The molecule has 0 saturated carbocycles. The third-order valence-corrected chi connectivity index (χ3v) is 5.13. The van der Waals surface area contributed by atoms with E-state index in [1.165, 1.54) is 16.7 Å². The van der Waals surface area contributed by atoms with Crippen LogP contribution in [-0.4, -0.2) is 17.4 Å². The van der Waals surface area contributed by atoms with E-state index in [1.54, 1.807) is 0 Å². The standard InChI is InChI=1S/C24H24N2O/c27-24(26-15-14-21-8-4-5-9-22(21)18-26)16-19-10-12-23(13-11-19)25-17-20-6-2-1-3-7-20/h1-13,25H,14-18H2. The SMILES string of the molecule is O=C(Cc1ccc(NCc2ccccc2)cc1)N1CCc2ccccc2C1. The molecule has 1 aliphatic rings. The van der Waals surface area contributed by atoms with Gasteiger partial charge < -0.3 is 10.2 Å². The molecule has 0 aliphatic carbocycles. The predicted octanol–water partition coefficient (Wildman–Crippen LogP) is 4.43. The first-order valence-electron chi connectivity index (χ1n) is 9.49. The van der Waals surface area contributed by atoms with Gasteiger partial charge in [-0.2, -0.15) is 0 Å². The van der Waals surface area contributed by atoms with Crippen molar-refractivity contribution in [3.05, 3.63) is 101 Å². The minimum Gasteiger partial charge on any atom is -0.381 e. The molecule has 3 nitrogen and oxygen atoms in total. The molecule has 1 amide bonds. The van der Waals surface area contributed by atoms with Crippen molar-refractivity contribution in [1.29, 1.82) is 0 Å². The summed E-state index contributed by atoms with van der Waals surface area (Å²) in [4.78, 5) is 14.7. The average molecular weight is 356 g/mol. The third-order valence-electron chi connectivity index (χ3n) is 5.13. The molecule has 27 heavy (non-hydrogen) atoms. The summed E-state index contributed by atoms with van der Waals surface area (Å²) >= 11 is 0. The van der Waals surface area contributed by atoms with E-state index in [4.69, 9.17) is 0 Å². The molecule has 1 heterocycles. The van der Waals surface area contributed by atoms with Crippen molar-refractivity contribution < 1.29 is 4.79 Å². The zero-order valence-electron chi connectivity index (χ0n) is 15.4. The van der Waals surface area contributed by atoms with Crippen LogP contribution in [0.5, 0.6) is 0 Å². The maximum absolute atomic E-state index is 12.7. The minimum absolute atomic E-state index is 0.203. The van der Waals surface area contributed by atoms with Gasteiger partial charge in [-0.15, -0.1) is 0 Å². The summed E-state index contributed by atoms with van der Waals surface area (Å²) in [5, 5.41) is 3.42. The molecule has 0 aromatic heterocycles. The van der Waals surface area contributed by atoms with Crippen LogP contribution >= 0.6 is 0 Å². The average Bonchev–Trinajstić information content (AvgIpc) is 2.73. The lowest BCUT2D eigenvalue weighted by Gasteiger charge is -2.29. The number of carbonyl (C=O) groups excluding carboxylic acids is 1. The van der Waals surface area contributed by atoms with E-state index in [-0.39, 0.29) is 5.91 Å². The second-order valence-corrected chi connectivity index (χ2v) is 7.05. The van der Waals surface area contributed by atoms with Gasteiger partial charge in [0.25, 0.3) is 0 Å². The number of rotatable bonds is 5. The summed E-state index contributed by atoms with van der Waals surface area (Å²) < 4.78 is 0. The van der Waals surface area contributed by atoms with Gasteiger partial charge in [0, 0.05) is 25.3 Å². The molecule has 0 fully saturated rings. The minimum atomic E-state index is 0.203. The number of hydrogen-bond donors (Lipinski definition) is 1. The van der Waals surface area contributed by atoms with Gasteiger partial charge in [0.2, 0.25) is 5.91 Å². The van der Waals surface area contributed by atoms with E-state index in [9.17, 15) is 4.79 Å². The Labute approximate surface area is 160 Å². The molecule has 0 radical (unpaired) electrons. The van der Waals surface area contributed by atoms with Crippen LogP contribution < -0.4 is 5.32 Å². The van der Waals surface area contributed by atoms with Crippen LogP contribution in [0.25, 0.3) is 0 Å². The van der Waals surface area contributed by atoms with E-state index in [1.807, 2.05) is 41.3 Å². The lowest BCUT2D eigenvalue weighted by molar-refractivity contribution is -0.131. The number of benzene rings is 3. The van der Waals surface area contributed by atoms with Gasteiger partial charge in [0.1, 0.15) is 0 Å². The number of anilines is 1. The molecule has 4 rings (SSSR count). The van der Waals surface area contributed by atoms with Crippen LogP contribution in [0, 0.1) is 0 Å². The molecular weight excluding hydrogens is 332 g/mol. The summed E-state index contributed by atoms with van der Waals surface area (Å²) in [6.45, 7) is 2.34. The number of fused-ring (bicyclic) bond motifs is 1. The first kappa shape index (κ1) is 17.3. The number of hydrogen-bond acceptors (Lipinski definition) is 2. The van der Waals surface area contributed by atoms with E-state index in [0.29, 0.717) is 6.42 Å². The van der Waals surface area contributed by atoms with Gasteiger partial charge in [0.05, 0.1) is 6.42 Å². The van der Waals surface area contributed by atoms with Gasteiger partial charge in [-0.05, 0) is 40.8 Å². The Kier molecular flexibility index (Phi) is 5.20. The predicted molar refractivity (Wildman–Crippen MR) is 109 cm³/mol. The fraction of sp³-hybridized carbons (Fsp3) is 0.208. The monoisotopic (exact) mass is 356 g/mol. The molecule has 1 N–H and O–H groups in total. The first-order chi connectivity index (χ1) is 13.3. The van der Waals surface area contributed by atoms with Crippen LogP contribution in [-0.2, 0) is 30.7 Å². The Morgan fingerprint density at radius 3 is 2.30 bits per heavy atom. The molecule has 3 aromatic carbocycles. The van der Waals surface area contributed by atoms with Crippen molar-refractivity contribution in [2.75, 3.05) is 11.9 Å². The highest BCUT2D eigenvalue weighted by Gasteiger charge is 2.20. The fourth-order valence-electron chi connectivity index (χ4n) is 3.54. The van der Waals surface area contributed by atoms with Gasteiger partial charge in [-0.1, -0.05) is 66.7 Å². The lowest BCUT2D eigenvalue weighted by Crippen LogP contribution is -2.36. The van der Waals surface area contributed by atoms with E-state index in [2.05, 4.69) is 47.8 Å². The number of nitrogens with one attached hydrogen (secondary N) is 1. The van der Waals surface area contributed by atoms with Crippen LogP contribution in [0.4, 0.5) is 5.69 Å². The largest absolute Gasteiger partial charge is 0.381 e. The van der Waals surface area contributed by atoms with Crippen LogP contribution in [0.2, 0.25) is 0 Å². The Balaban J connectivity index is 1.32. The van der Waals surface area contributed by atoms with Crippen molar-refractivity contribution in [3.63, 3.8) is 0 Å². The van der Waals surface area contributed by atoms with Gasteiger partial charge in [0.15, 0.2) is 0 Å². The second-order valence-electron chi connectivity index (χ2n) is 7.05. The first-order valence-corrected chi connectivity index (χ1v) is 9.49. The van der Waals surface area contributed by atoms with Crippen molar-refractivity contribution in [2.24, 2.45) is 0 Å². The van der Waals surface area contributed by atoms with Crippen molar-refractivity contribution >= 4 is 11.6 Å². The van der Waals surface area contributed by atoms with E-state index >= 15 is 0 Å². The smallest absolute Gasteiger partial charge is 0.227 e. The lowest BCUT2D eigenvalue weighted by atomic mass is 9.99.